The number of hydrogen-bond donors (Lipinski definition) is 20. The highest BCUT2D eigenvalue weighted by molar-refractivity contribution is 6.01. The monoisotopic (exact) mass is 1380 g/mol. The molecule has 0 saturated heterocycles. The summed E-state index contributed by atoms with van der Waals surface area (Å²) in [4.78, 5) is 215. The maximum Gasteiger partial charge on any atom is 0.338 e. The highest BCUT2D eigenvalue weighted by Gasteiger charge is 2.38. The number of carboxylic acids is 3. The summed E-state index contributed by atoms with van der Waals surface area (Å²) in [7, 11) is 0. The number of carboxylic acid groups (broad SMARTS) is 3. The van der Waals surface area contributed by atoms with Crippen molar-refractivity contribution in [3.05, 3.63) is 65.7 Å². The predicted octanol–water partition coefficient (Wildman–Crippen LogP) is -6.86. The summed E-state index contributed by atoms with van der Waals surface area (Å²) in [6.45, 7) is 6.03. The van der Waals surface area contributed by atoms with Gasteiger partial charge in [-0.2, -0.15) is 0 Å². The Labute approximate surface area is 562 Å². The third kappa shape index (κ3) is 31.0. The lowest BCUT2D eigenvalue weighted by molar-refractivity contribution is -0.142. The van der Waals surface area contributed by atoms with E-state index in [1.54, 1.807) is 44.2 Å². The van der Waals surface area contributed by atoms with Gasteiger partial charge in [0.05, 0.1) is 18.4 Å². The lowest BCUT2D eigenvalue weighted by Gasteiger charge is -2.29. The van der Waals surface area contributed by atoms with Crippen LogP contribution in [0.25, 0.3) is 0 Å². The molecular formula is C60H90N18O20. The van der Waals surface area contributed by atoms with E-state index in [-0.39, 0.29) is 43.8 Å². The number of rotatable bonds is 44. The Balaban J connectivity index is 2.39. The van der Waals surface area contributed by atoms with Gasteiger partial charge in [-0.1, -0.05) is 58.0 Å². The third-order valence-electron chi connectivity index (χ3n) is 14.2. The Bertz CT molecular complexity index is 3190. The van der Waals surface area contributed by atoms with Gasteiger partial charge in [0.15, 0.2) is 5.96 Å². The largest absolute Gasteiger partial charge is 0.481 e. The molecule has 2 aromatic rings. The number of anilines is 1. The van der Waals surface area contributed by atoms with Crippen LogP contribution in [0.15, 0.2) is 59.6 Å². The third-order valence-corrected chi connectivity index (χ3v) is 14.2. The zero-order valence-electron chi connectivity index (χ0n) is 54.7. The van der Waals surface area contributed by atoms with E-state index >= 15 is 0 Å². The van der Waals surface area contributed by atoms with Crippen molar-refractivity contribution in [2.45, 2.75) is 165 Å². The van der Waals surface area contributed by atoms with Gasteiger partial charge in [0.2, 0.25) is 70.9 Å². The second-order valence-electron chi connectivity index (χ2n) is 23.3. The standard InChI is InChI=1S/C60H90N18O20/c1-28(2)22-38(73-57(95)40(24-43(64)79)76-58(96)47(29(3)4)78-53(91)37(18-20-45(82)83)71-50(88)34(63)27-98-59(97)32-13-15-33(62)16-14-32)55(93)75-41(25-46(84)85)54(92)69-30(5)49(87)70-36(17-19-44(80)81)52(90)74-39(23-31-10-7-6-8-11-31)56(94)72-35(12-9-21-68-60(66)67)51(89)77-42(26-61)48(65)86/h6-8,10-11,13-16,28-30,34-42,47H,9,12,17-27,61-63H2,1-5H3,(H2,64,79)(H2,65,86)(H,69,92)(H,70,87)(H,71,88)(H,72,94)(H,73,95)(H,74,90)(H,75,93)(H,76,96)(H,77,89)(H,78,91)(H,80,81)(H,82,83)(H,84,85)(H4,66,67,68)/t30-,34-,35-,36-,37-,38-,39-,40-,41-,42-,47-/m0/s1. The van der Waals surface area contributed by atoms with E-state index in [1.807, 2.05) is 0 Å². The average molecular weight is 1380 g/mol. The molecule has 2 rings (SSSR count). The Morgan fingerprint density at radius 3 is 1.45 bits per heavy atom. The minimum atomic E-state index is -2.03. The summed E-state index contributed by atoms with van der Waals surface area (Å²) < 4.78 is 5.10. The van der Waals surface area contributed by atoms with Crippen LogP contribution in [0.4, 0.5) is 5.69 Å². The SMILES string of the molecule is CC(C)C[C@H](NC(=O)[C@H](CC(N)=O)NC(=O)[C@@H](NC(=O)[C@H](CCC(=O)O)NC(=O)[C@@H](N)COC(=O)c1ccc(N)cc1)C(C)C)C(=O)N[C@@H](CC(=O)O)C(=O)N[C@@H](C)C(=O)N[C@@H](CCC(=O)O)C(=O)N[C@@H](Cc1ccccc1)C(=O)N[C@@H](CCCN=C(N)N)C(=O)N[C@@H](CN)C(N)=O. The fourth-order valence-electron chi connectivity index (χ4n) is 8.96. The minimum absolute atomic E-state index is 0.00731. The van der Waals surface area contributed by atoms with Gasteiger partial charge in [0.1, 0.15) is 73.1 Å². The van der Waals surface area contributed by atoms with Gasteiger partial charge in [-0.3, -0.25) is 76.9 Å². The number of esters is 1. The number of hydrogen-bond acceptors (Lipinski definition) is 21. The zero-order chi connectivity index (χ0) is 74.1. The van der Waals surface area contributed by atoms with E-state index in [9.17, 15) is 92.0 Å². The van der Waals surface area contributed by atoms with E-state index in [4.69, 9.17) is 44.9 Å². The van der Waals surface area contributed by atoms with Gasteiger partial charge in [-0.05, 0) is 80.7 Å². The van der Waals surface area contributed by atoms with Crippen LogP contribution in [0.3, 0.4) is 0 Å². The summed E-state index contributed by atoms with van der Waals surface area (Å²) in [6.07, 6.45) is -5.26. The van der Waals surface area contributed by atoms with Crippen LogP contribution >= 0.6 is 0 Å². The summed E-state index contributed by atoms with van der Waals surface area (Å²) in [5, 5.41) is 52.3. The summed E-state index contributed by atoms with van der Waals surface area (Å²) >= 11 is 0. The number of nitrogens with zero attached hydrogens (tertiary/aromatic N) is 1. The molecule has 0 fully saturated rings. The Hall–Kier alpha value is -11.1. The van der Waals surface area contributed by atoms with Crippen molar-refractivity contribution in [1.82, 2.24) is 53.2 Å². The number of guanidine groups is 1. The number of nitrogens with one attached hydrogen (secondary N) is 10. The number of primary amides is 2. The van der Waals surface area contributed by atoms with Crippen molar-refractivity contribution in [1.29, 1.82) is 0 Å². The highest BCUT2D eigenvalue weighted by atomic mass is 16.5. The topological polar surface area (TPSA) is 658 Å². The molecular weight excluding hydrogens is 1290 g/mol. The number of carbonyl (C=O) groups is 16. The van der Waals surface area contributed by atoms with E-state index in [0.29, 0.717) is 11.3 Å². The normalized spacial score (nSPS) is 14.3. The predicted molar refractivity (Wildman–Crippen MR) is 346 cm³/mol. The maximum atomic E-state index is 14.2. The second kappa shape index (κ2) is 41.7. The zero-order valence-corrected chi connectivity index (χ0v) is 54.7. The molecule has 12 amide bonds. The van der Waals surface area contributed by atoms with Gasteiger partial charge in [0, 0.05) is 38.0 Å². The first-order valence-corrected chi connectivity index (χ1v) is 30.8. The second-order valence-corrected chi connectivity index (χ2v) is 23.3. The molecule has 0 bridgehead atoms. The summed E-state index contributed by atoms with van der Waals surface area (Å²) in [6, 6.07) is -4.71. The molecule has 0 unspecified atom stereocenters. The smallest absolute Gasteiger partial charge is 0.338 e. The van der Waals surface area contributed by atoms with E-state index in [1.165, 1.54) is 38.1 Å². The Kier molecular flexibility index (Phi) is 35.3. The molecule has 0 aliphatic heterocycles. The first-order valence-electron chi connectivity index (χ1n) is 30.8. The average Bonchev–Trinajstić information content (AvgIpc) is 0.869. The molecule has 11 atom stereocenters. The number of ether oxygens (including phenoxy) is 1. The van der Waals surface area contributed by atoms with E-state index in [2.05, 4.69) is 58.2 Å². The van der Waals surface area contributed by atoms with Crippen LogP contribution in [-0.4, -0.2) is 202 Å². The highest BCUT2D eigenvalue weighted by Crippen LogP contribution is 2.13. The maximum absolute atomic E-state index is 14.2. The molecule has 0 aliphatic rings. The van der Waals surface area contributed by atoms with Crippen molar-refractivity contribution in [2.24, 2.45) is 51.2 Å². The van der Waals surface area contributed by atoms with Crippen molar-refractivity contribution < 1.29 is 96.8 Å². The molecule has 0 spiro atoms. The van der Waals surface area contributed by atoms with Crippen molar-refractivity contribution in [2.75, 3.05) is 25.4 Å². The van der Waals surface area contributed by atoms with Gasteiger partial charge in [-0.15, -0.1) is 0 Å². The van der Waals surface area contributed by atoms with Crippen LogP contribution in [0.1, 0.15) is 108 Å². The van der Waals surface area contributed by atoms with E-state index in [0.717, 1.165) is 6.92 Å². The fourth-order valence-corrected chi connectivity index (χ4v) is 8.96. The first kappa shape index (κ1) is 83.0. The van der Waals surface area contributed by atoms with Gasteiger partial charge >= 0.3 is 23.9 Å². The number of carbonyl (C=O) groups excluding carboxylic acids is 13. The number of aliphatic carboxylic acids is 3. The molecule has 0 saturated carbocycles. The first-order chi connectivity index (χ1) is 45.9. The number of benzene rings is 2. The lowest BCUT2D eigenvalue weighted by Crippen LogP contribution is -2.61. The van der Waals surface area contributed by atoms with Crippen molar-refractivity contribution >= 4 is 106 Å². The molecule has 38 heteroatoms. The Morgan fingerprint density at radius 1 is 0.490 bits per heavy atom. The molecule has 0 aromatic heterocycles. The van der Waals surface area contributed by atoms with Crippen LogP contribution in [0, 0.1) is 11.8 Å². The van der Waals surface area contributed by atoms with Gasteiger partial charge in [0.25, 0.3) is 0 Å². The number of aliphatic imine (C=N–C) groups is 1. The Morgan fingerprint density at radius 2 is 0.939 bits per heavy atom. The molecule has 27 N–H and O–H groups in total. The molecule has 2 aromatic carbocycles. The van der Waals surface area contributed by atoms with Crippen LogP contribution in [0.5, 0.6) is 0 Å². The molecule has 0 aliphatic carbocycles. The minimum Gasteiger partial charge on any atom is -0.481 e. The summed E-state index contributed by atoms with van der Waals surface area (Å²) in [5.74, 6) is -20.4. The quantitative estimate of drug-likeness (QED) is 0.00964. The van der Waals surface area contributed by atoms with Crippen molar-refractivity contribution in [3.8, 4) is 0 Å². The molecule has 38 nitrogen and oxygen atoms in total. The number of amides is 12. The summed E-state index contributed by atoms with van der Waals surface area (Å²) in [5.41, 5.74) is 39.7. The fraction of sp³-hybridized carbons (Fsp3) is 0.517. The van der Waals surface area contributed by atoms with Crippen LogP contribution < -0.4 is 93.3 Å². The number of nitrogens with two attached hydrogens (primary N) is 7. The molecule has 0 heterocycles. The van der Waals surface area contributed by atoms with Crippen molar-refractivity contribution in [3.63, 3.8) is 0 Å². The van der Waals surface area contributed by atoms with E-state index < -0.39 is 225 Å². The van der Waals surface area contributed by atoms with Crippen LogP contribution in [-0.2, 0) is 83.1 Å². The van der Waals surface area contributed by atoms with Gasteiger partial charge < -0.3 is 113 Å². The molecule has 540 valence electrons. The van der Waals surface area contributed by atoms with Crippen LogP contribution in [0.2, 0.25) is 0 Å². The molecule has 98 heavy (non-hydrogen) atoms. The molecule has 0 radical (unpaired) electrons. The van der Waals surface area contributed by atoms with Gasteiger partial charge in [-0.25, -0.2) is 4.79 Å². The number of nitrogen functional groups attached to an aromatic ring is 1. The lowest BCUT2D eigenvalue weighted by atomic mass is 10.00.